The first-order valence-electron chi connectivity index (χ1n) is 8.92. The van der Waals surface area contributed by atoms with Crippen LogP contribution in [-0.4, -0.2) is 39.2 Å². The Hall–Kier alpha value is -2.12. The number of nitrogens with zero attached hydrogens (tertiary/aromatic N) is 3. The van der Waals surface area contributed by atoms with E-state index in [1.54, 1.807) is 11.6 Å². The minimum absolute atomic E-state index is 0.0617. The average molecular weight is 400 g/mol. The number of thioether (sulfide) groups is 1. The van der Waals surface area contributed by atoms with Gasteiger partial charge in [-0.15, -0.1) is 11.3 Å². The fourth-order valence-electron chi connectivity index (χ4n) is 3.09. The van der Waals surface area contributed by atoms with Crippen molar-refractivity contribution >= 4 is 39.2 Å². The lowest BCUT2D eigenvalue weighted by atomic mass is 10.0. The number of carbonyl (C=O) groups excluding carboxylic acids is 1. The van der Waals surface area contributed by atoms with E-state index in [0.717, 1.165) is 35.5 Å². The summed E-state index contributed by atoms with van der Waals surface area (Å²) in [5.41, 5.74) is 4.34. The Morgan fingerprint density at radius 2 is 2.04 bits per heavy atom. The number of thiophene rings is 1. The van der Waals surface area contributed by atoms with Crippen molar-refractivity contribution in [2.24, 2.45) is 7.05 Å². The number of hydrogen-bond donors (Lipinski definition) is 0. The first-order valence-corrected chi connectivity index (χ1v) is 10.8. The maximum Gasteiger partial charge on any atom is 0.263 e. The average Bonchev–Trinajstić information content (AvgIpc) is 3.01. The first-order chi connectivity index (χ1) is 13.0. The molecule has 4 rings (SSSR count). The van der Waals surface area contributed by atoms with E-state index < -0.39 is 0 Å². The Kier molecular flexibility index (Phi) is 4.82. The summed E-state index contributed by atoms with van der Waals surface area (Å²) in [7, 11) is 1.73. The van der Waals surface area contributed by atoms with Gasteiger partial charge in [-0.25, -0.2) is 4.98 Å². The maximum atomic E-state index is 13.0. The van der Waals surface area contributed by atoms with Crippen LogP contribution in [0.5, 0.6) is 0 Å². The number of amides is 1. The fraction of sp³-hybridized carbons (Fsp3) is 0.350. The van der Waals surface area contributed by atoms with E-state index in [1.165, 1.54) is 34.2 Å². The van der Waals surface area contributed by atoms with Crippen LogP contribution >= 0.6 is 23.1 Å². The number of benzene rings is 1. The molecule has 7 heteroatoms. The molecular formula is C20H21N3O2S2. The van der Waals surface area contributed by atoms with Crippen LogP contribution in [0.3, 0.4) is 0 Å². The van der Waals surface area contributed by atoms with Gasteiger partial charge in [0.2, 0.25) is 5.91 Å². The molecule has 0 saturated carbocycles. The van der Waals surface area contributed by atoms with Gasteiger partial charge in [-0.1, -0.05) is 30.0 Å². The van der Waals surface area contributed by atoms with Crippen molar-refractivity contribution in [2.45, 2.75) is 25.4 Å². The second-order valence-corrected chi connectivity index (χ2v) is 8.71. The fourth-order valence-corrected chi connectivity index (χ4v) is 4.95. The van der Waals surface area contributed by atoms with Crippen LogP contribution in [0.4, 0.5) is 0 Å². The van der Waals surface area contributed by atoms with Crippen molar-refractivity contribution < 1.29 is 4.79 Å². The summed E-state index contributed by atoms with van der Waals surface area (Å²) in [6.07, 6.45) is 1.08. The first kappa shape index (κ1) is 18.3. The summed E-state index contributed by atoms with van der Waals surface area (Å²) in [6, 6.07) is 6.25. The predicted molar refractivity (Wildman–Crippen MR) is 112 cm³/mol. The van der Waals surface area contributed by atoms with Crippen LogP contribution in [0.15, 0.2) is 33.5 Å². The molecular weight excluding hydrogens is 378 g/mol. The van der Waals surface area contributed by atoms with Gasteiger partial charge in [0.15, 0.2) is 5.16 Å². The molecule has 5 nitrogen and oxygen atoms in total. The van der Waals surface area contributed by atoms with Gasteiger partial charge in [-0.2, -0.15) is 0 Å². The van der Waals surface area contributed by atoms with Crippen LogP contribution in [-0.2, 0) is 11.8 Å². The lowest BCUT2D eigenvalue weighted by Gasteiger charge is -2.30. The van der Waals surface area contributed by atoms with Crippen molar-refractivity contribution in [1.29, 1.82) is 0 Å². The molecule has 3 heterocycles. The Morgan fingerprint density at radius 3 is 2.70 bits per heavy atom. The molecule has 140 valence electrons. The zero-order chi connectivity index (χ0) is 19.1. The van der Waals surface area contributed by atoms with Gasteiger partial charge in [0, 0.05) is 31.1 Å². The minimum Gasteiger partial charge on any atom is -0.342 e. The van der Waals surface area contributed by atoms with Crippen LogP contribution in [0, 0.1) is 13.8 Å². The summed E-state index contributed by atoms with van der Waals surface area (Å²) in [5, 5.41) is 3.25. The van der Waals surface area contributed by atoms with Crippen molar-refractivity contribution in [3.05, 3.63) is 45.1 Å². The van der Waals surface area contributed by atoms with Crippen molar-refractivity contribution in [2.75, 3.05) is 18.8 Å². The minimum atomic E-state index is -0.0617. The number of fused-ring (bicyclic) bond motifs is 1. The van der Waals surface area contributed by atoms with Gasteiger partial charge < -0.3 is 4.90 Å². The van der Waals surface area contributed by atoms with E-state index in [9.17, 15) is 9.59 Å². The second kappa shape index (κ2) is 7.13. The molecule has 1 fully saturated rings. The third-order valence-electron chi connectivity index (χ3n) is 5.13. The van der Waals surface area contributed by atoms with Crippen molar-refractivity contribution in [1.82, 2.24) is 14.5 Å². The van der Waals surface area contributed by atoms with Crippen LogP contribution in [0.25, 0.3) is 21.3 Å². The Morgan fingerprint density at radius 1 is 1.26 bits per heavy atom. The molecule has 1 saturated heterocycles. The molecule has 1 aromatic carbocycles. The third-order valence-corrected chi connectivity index (χ3v) is 7.01. The molecule has 0 aliphatic carbocycles. The van der Waals surface area contributed by atoms with E-state index in [1.807, 2.05) is 10.3 Å². The van der Waals surface area contributed by atoms with E-state index in [0.29, 0.717) is 16.3 Å². The summed E-state index contributed by atoms with van der Waals surface area (Å²) >= 11 is 2.82. The molecule has 0 bridgehead atoms. The molecule has 0 atom stereocenters. The van der Waals surface area contributed by atoms with Crippen LogP contribution in [0.2, 0.25) is 0 Å². The topological polar surface area (TPSA) is 55.2 Å². The van der Waals surface area contributed by atoms with Gasteiger partial charge in [-0.05, 0) is 37.0 Å². The zero-order valence-electron chi connectivity index (χ0n) is 15.6. The molecule has 1 aliphatic heterocycles. The number of likely N-dealkylation sites (tertiary alicyclic amines) is 1. The van der Waals surface area contributed by atoms with E-state index >= 15 is 0 Å². The van der Waals surface area contributed by atoms with Crippen molar-refractivity contribution in [3.8, 4) is 11.1 Å². The monoisotopic (exact) mass is 399 g/mol. The van der Waals surface area contributed by atoms with Gasteiger partial charge >= 0.3 is 0 Å². The van der Waals surface area contributed by atoms with Crippen LogP contribution < -0.4 is 5.56 Å². The summed E-state index contributed by atoms with van der Waals surface area (Å²) in [4.78, 5) is 32.4. The maximum absolute atomic E-state index is 13.0. The number of aromatic nitrogens is 2. The molecule has 0 radical (unpaired) electrons. The molecule has 0 unspecified atom stereocenters. The quantitative estimate of drug-likeness (QED) is 0.497. The van der Waals surface area contributed by atoms with Gasteiger partial charge in [-0.3, -0.25) is 14.2 Å². The predicted octanol–water partition coefficient (Wildman–Crippen LogP) is 3.60. The van der Waals surface area contributed by atoms with E-state index in [-0.39, 0.29) is 11.5 Å². The van der Waals surface area contributed by atoms with Crippen LogP contribution in [0.1, 0.15) is 17.5 Å². The summed E-state index contributed by atoms with van der Waals surface area (Å²) in [6.45, 7) is 5.84. The number of rotatable bonds is 4. The second-order valence-electron chi connectivity index (χ2n) is 6.91. The SMILES string of the molecule is Cc1ccc(-c2csc3nc(SCC(=O)N4CCC4)n(C)c(=O)c23)cc1C. The standard InChI is InChI=1S/C20H21N3O2S2/c1-12-5-6-14(9-13(12)2)15-10-26-18-17(15)19(25)22(3)20(21-18)27-11-16(24)23-7-4-8-23/h5-6,9-10H,4,7-8,11H2,1-3H3. The van der Waals surface area contributed by atoms with Gasteiger partial charge in [0.05, 0.1) is 11.1 Å². The Bertz CT molecular complexity index is 1100. The number of carbonyl (C=O) groups is 1. The zero-order valence-corrected chi connectivity index (χ0v) is 17.2. The third kappa shape index (κ3) is 3.30. The van der Waals surface area contributed by atoms with E-state index in [2.05, 4.69) is 37.0 Å². The highest BCUT2D eigenvalue weighted by atomic mass is 32.2. The molecule has 1 amide bonds. The number of hydrogen-bond acceptors (Lipinski definition) is 5. The molecule has 3 aromatic rings. The highest BCUT2D eigenvalue weighted by Gasteiger charge is 2.21. The molecule has 0 N–H and O–H groups in total. The molecule has 2 aromatic heterocycles. The molecule has 0 spiro atoms. The Balaban J connectivity index is 1.69. The molecule has 1 aliphatic rings. The highest BCUT2D eigenvalue weighted by molar-refractivity contribution is 7.99. The number of aryl methyl sites for hydroxylation is 2. The lowest BCUT2D eigenvalue weighted by Crippen LogP contribution is -2.43. The normalized spacial score (nSPS) is 13.8. The van der Waals surface area contributed by atoms with Gasteiger partial charge in [0.25, 0.3) is 5.56 Å². The van der Waals surface area contributed by atoms with E-state index in [4.69, 9.17) is 0 Å². The Labute approximate surface area is 166 Å². The van der Waals surface area contributed by atoms with Crippen molar-refractivity contribution in [3.63, 3.8) is 0 Å². The summed E-state index contributed by atoms with van der Waals surface area (Å²) < 4.78 is 1.56. The lowest BCUT2D eigenvalue weighted by molar-refractivity contribution is -0.131. The smallest absolute Gasteiger partial charge is 0.263 e. The largest absolute Gasteiger partial charge is 0.342 e. The molecule has 27 heavy (non-hydrogen) atoms. The summed E-state index contributed by atoms with van der Waals surface area (Å²) in [5.74, 6) is 0.434. The highest BCUT2D eigenvalue weighted by Crippen LogP contribution is 2.33. The van der Waals surface area contributed by atoms with Gasteiger partial charge in [0.1, 0.15) is 4.83 Å².